The number of hydrogen-bond donors (Lipinski definition) is 0. The molecule has 1 amide bonds. The van der Waals surface area contributed by atoms with Crippen molar-refractivity contribution < 1.29 is 4.79 Å². The van der Waals surface area contributed by atoms with Crippen LogP contribution in [0.25, 0.3) is 0 Å². The lowest BCUT2D eigenvalue weighted by atomic mass is 10.2. The average Bonchev–Trinajstić information content (AvgIpc) is 2.43. The van der Waals surface area contributed by atoms with E-state index in [4.69, 9.17) is 11.6 Å². The first-order valence-electron chi connectivity index (χ1n) is 6.02. The largest absolute Gasteiger partial charge is 0.277 e. The second-order valence-corrected chi connectivity index (χ2v) is 6.07. The Morgan fingerprint density at radius 3 is 2.00 bits per heavy atom. The highest BCUT2D eigenvalue weighted by atomic mass is 35.5. The van der Waals surface area contributed by atoms with Gasteiger partial charge in [0.25, 0.3) is 0 Å². The van der Waals surface area contributed by atoms with Crippen molar-refractivity contribution >= 4 is 40.6 Å². The number of nitrogens with zero attached hydrogens (tertiary/aromatic N) is 1. The van der Waals surface area contributed by atoms with Crippen molar-refractivity contribution in [3.8, 4) is 0 Å². The maximum absolute atomic E-state index is 12.4. The molecule has 0 aliphatic carbocycles. The fourth-order valence-corrected chi connectivity index (χ4v) is 3.28. The summed E-state index contributed by atoms with van der Waals surface area (Å²) in [5.74, 6) is -0.0955. The van der Waals surface area contributed by atoms with E-state index >= 15 is 0 Å². The van der Waals surface area contributed by atoms with E-state index in [2.05, 4.69) is 0 Å². The van der Waals surface area contributed by atoms with E-state index < -0.39 is 5.38 Å². The van der Waals surface area contributed by atoms with Crippen LogP contribution in [-0.2, 0) is 4.79 Å². The van der Waals surface area contributed by atoms with Gasteiger partial charge in [-0.2, -0.15) is 0 Å². The number of carbonyl (C=O) groups is 1. The summed E-state index contributed by atoms with van der Waals surface area (Å²) in [6, 6.07) is 15.8. The SMILES string of the molecule is C[C@H](Cl)C(=O)N1c2ccccc2Sc2ccccc21. The summed E-state index contributed by atoms with van der Waals surface area (Å²) in [5, 5.41) is -0.552. The average molecular weight is 290 g/mol. The molecule has 0 radical (unpaired) electrons. The molecule has 0 saturated heterocycles. The number of rotatable bonds is 1. The molecule has 0 fully saturated rings. The van der Waals surface area contributed by atoms with Crippen LogP contribution in [0.1, 0.15) is 6.92 Å². The predicted molar refractivity (Wildman–Crippen MR) is 79.5 cm³/mol. The molecule has 1 aliphatic heterocycles. The Bertz CT molecular complexity index is 596. The predicted octanol–water partition coefficient (Wildman–Crippen LogP) is 4.44. The van der Waals surface area contributed by atoms with Crippen LogP contribution in [0, 0.1) is 0 Å². The summed E-state index contributed by atoms with van der Waals surface area (Å²) in [6.07, 6.45) is 0. The Morgan fingerprint density at radius 2 is 1.53 bits per heavy atom. The van der Waals surface area contributed by atoms with Crippen molar-refractivity contribution in [2.75, 3.05) is 4.90 Å². The number of fused-ring (bicyclic) bond motifs is 2. The molecule has 4 heteroatoms. The van der Waals surface area contributed by atoms with E-state index in [1.54, 1.807) is 23.6 Å². The van der Waals surface area contributed by atoms with E-state index in [1.165, 1.54) is 0 Å². The van der Waals surface area contributed by atoms with Crippen molar-refractivity contribution in [3.05, 3.63) is 48.5 Å². The third-order valence-corrected chi connectivity index (χ3v) is 4.31. The van der Waals surface area contributed by atoms with Crippen LogP contribution >= 0.6 is 23.4 Å². The van der Waals surface area contributed by atoms with Crippen molar-refractivity contribution in [1.29, 1.82) is 0 Å². The molecule has 0 aromatic heterocycles. The van der Waals surface area contributed by atoms with Gasteiger partial charge in [0, 0.05) is 9.79 Å². The quantitative estimate of drug-likeness (QED) is 0.723. The Labute approximate surface area is 121 Å². The molecular weight excluding hydrogens is 278 g/mol. The molecule has 19 heavy (non-hydrogen) atoms. The molecule has 0 bridgehead atoms. The molecule has 1 heterocycles. The number of alkyl halides is 1. The van der Waals surface area contributed by atoms with Crippen molar-refractivity contribution in [1.82, 2.24) is 0 Å². The van der Waals surface area contributed by atoms with E-state index in [0.717, 1.165) is 21.2 Å². The molecule has 0 saturated carbocycles. The van der Waals surface area contributed by atoms with Gasteiger partial charge in [0.05, 0.1) is 11.4 Å². The highest BCUT2D eigenvalue weighted by Crippen LogP contribution is 2.48. The second kappa shape index (κ2) is 4.91. The van der Waals surface area contributed by atoms with Gasteiger partial charge in [-0.15, -0.1) is 11.6 Å². The first-order chi connectivity index (χ1) is 9.18. The summed E-state index contributed by atoms with van der Waals surface area (Å²) < 4.78 is 0. The van der Waals surface area contributed by atoms with Gasteiger partial charge in [-0.3, -0.25) is 9.69 Å². The third kappa shape index (κ3) is 2.13. The van der Waals surface area contributed by atoms with Gasteiger partial charge >= 0.3 is 0 Å². The topological polar surface area (TPSA) is 20.3 Å². The zero-order valence-corrected chi connectivity index (χ0v) is 11.9. The number of hydrogen-bond acceptors (Lipinski definition) is 2. The summed E-state index contributed by atoms with van der Waals surface area (Å²) in [4.78, 5) is 16.3. The van der Waals surface area contributed by atoms with E-state index in [0.29, 0.717) is 0 Å². The first kappa shape index (κ1) is 12.6. The lowest BCUT2D eigenvalue weighted by Crippen LogP contribution is -2.33. The molecule has 0 unspecified atom stereocenters. The fraction of sp³-hybridized carbons (Fsp3) is 0.133. The lowest BCUT2D eigenvalue weighted by molar-refractivity contribution is -0.117. The smallest absolute Gasteiger partial charge is 0.249 e. The molecule has 0 N–H and O–H groups in total. The normalized spacial score (nSPS) is 14.5. The minimum atomic E-state index is -0.552. The summed E-state index contributed by atoms with van der Waals surface area (Å²) in [7, 11) is 0. The van der Waals surface area contributed by atoms with Gasteiger partial charge in [0.1, 0.15) is 5.38 Å². The van der Waals surface area contributed by atoms with Gasteiger partial charge in [0.2, 0.25) is 5.91 Å². The molecule has 2 nitrogen and oxygen atoms in total. The van der Waals surface area contributed by atoms with Crippen LogP contribution in [0.3, 0.4) is 0 Å². The summed E-state index contributed by atoms with van der Waals surface area (Å²) in [6.45, 7) is 1.71. The molecule has 0 spiro atoms. The van der Waals surface area contributed by atoms with Crippen molar-refractivity contribution in [2.24, 2.45) is 0 Å². The zero-order chi connectivity index (χ0) is 13.4. The molecule has 1 atom stereocenters. The Morgan fingerprint density at radius 1 is 1.05 bits per heavy atom. The number of para-hydroxylation sites is 2. The standard InChI is InChI=1S/C15H12ClNOS/c1-10(16)15(18)17-11-6-2-4-8-13(11)19-14-9-5-3-7-12(14)17/h2-10H,1H3/t10-/m0/s1. The Balaban J connectivity index is 2.19. The highest BCUT2D eigenvalue weighted by molar-refractivity contribution is 7.99. The maximum Gasteiger partial charge on any atom is 0.249 e. The minimum absolute atomic E-state index is 0.0955. The molecule has 3 rings (SSSR count). The molecule has 2 aromatic carbocycles. The lowest BCUT2D eigenvalue weighted by Gasteiger charge is -2.31. The van der Waals surface area contributed by atoms with Crippen LogP contribution in [0.4, 0.5) is 11.4 Å². The monoisotopic (exact) mass is 289 g/mol. The molecular formula is C15H12ClNOS. The van der Waals surface area contributed by atoms with Gasteiger partial charge in [-0.05, 0) is 31.2 Å². The molecule has 96 valence electrons. The van der Waals surface area contributed by atoms with E-state index in [-0.39, 0.29) is 5.91 Å². The zero-order valence-electron chi connectivity index (χ0n) is 10.3. The number of halogens is 1. The van der Waals surface area contributed by atoms with Gasteiger partial charge in [-0.1, -0.05) is 36.0 Å². The van der Waals surface area contributed by atoms with Crippen LogP contribution in [-0.4, -0.2) is 11.3 Å². The van der Waals surface area contributed by atoms with Crippen LogP contribution in [0.2, 0.25) is 0 Å². The van der Waals surface area contributed by atoms with Crippen LogP contribution in [0.15, 0.2) is 58.3 Å². The van der Waals surface area contributed by atoms with Crippen LogP contribution in [0.5, 0.6) is 0 Å². The van der Waals surface area contributed by atoms with Crippen molar-refractivity contribution in [2.45, 2.75) is 22.1 Å². The summed E-state index contributed by atoms with van der Waals surface area (Å²) in [5.41, 5.74) is 1.81. The number of amides is 1. The second-order valence-electron chi connectivity index (χ2n) is 4.33. The number of anilines is 2. The molecule has 1 aliphatic rings. The minimum Gasteiger partial charge on any atom is -0.277 e. The first-order valence-corrected chi connectivity index (χ1v) is 7.28. The number of benzene rings is 2. The van der Waals surface area contributed by atoms with Crippen molar-refractivity contribution in [3.63, 3.8) is 0 Å². The Hall–Kier alpha value is -1.45. The van der Waals surface area contributed by atoms with Crippen LogP contribution < -0.4 is 4.90 Å². The van der Waals surface area contributed by atoms with E-state index in [1.807, 2.05) is 48.5 Å². The maximum atomic E-state index is 12.4. The van der Waals surface area contributed by atoms with E-state index in [9.17, 15) is 4.79 Å². The highest BCUT2D eigenvalue weighted by Gasteiger charge is 2.29. The third-order valence-electron chi connectivity index (χ3n) is 2.99. The molecule has 2 aromatic rings. The van der Waals surface area contributed by atoms with Gasteiger partial charge < -0.3 is 0 Å². The Kier molecular flexibility index (Phi) is 3.25. The number of carbonyl (C=O) groups excluding carboxylic acids is 1. The van der Waals surface area contributed by atoms with Gasteiger partial charge in [0.15, 0.2) is 0 Å². The summed E-state index contributed by atoms with van der Waals surface area (Å²) >= 11 is 7.67. The van der Waals surface area contributed by atoms with Gasteiger partial charge in [-0.25, -0.2) is 0 Å². The fourth-order valence-electron chi connectivity index (χ4n) is 2.12.